The van der Waals surface area contributed by atoms with Crippen LogP contribution in [0.1, 0.15) is 29.6 Å². The average molecular weight is 349 g/mol. The van der Waals surface area contributed by atoms with Crippen LogP contribution >= 0.6 is 23.2 Å². The summed E-state index contributed by atoms with van der Waals surface area (Å²) >= 11 is 12.3. The van der Waals surface area contributed by atoms with E-state index in [1.54, 1.807) is 30.3 Å². The molecule has 0 bridgehead atoms. The number of piperidine rings is 1. The van der Waals surface area contributed by atoms with Crippen LogP contribution in [0.2, 0.25) is 10.0 Å². The van der Waals surface area contributed by atoms with Crippen molar-refractivity contribution in [2.75, 3.05) is 23.3 Å². The quantitative estimate of drug-likeness (QED) is 0.822. The first-order valence-electron chi connectivity index (χ1n) is 7.75. The fourth-order valence-electron chi connectivity index (χ4n) is 2.81. The minimum absolute atomic E-state index is 0.200. The highest BCUT2D eigenvalue weighted by Crippen LogP contribution is 2.31. The second-order valence-corrected chi connectivity index (χ2v) is 6.52. The van der Waals surface area contributed by atoms with E-state index in [4.69, 9.17) is 23.2 Å². The molecule has 0 saturated carbocycles. The predicted molar refractivity (Wildman–Crippen MR) is 96.9 cm³/mol. The van der Waals surface area contributed by atoms with Crippen LogP contribution in [-0.4, -0.2) is 19.0 Å². The van der Waals surface area contributed by atoms with E-state index in [2.05, 4.69) is 10.2 Å². The summed E-state index contributed by atoms with van der Waals surface area (Å²) in [6.45, 7) is 2.07. The Hall–Kier alpha value is -1.71. The first-order chi connectivity index (χ1) is 11.1. The summed E-state index contributed by atoms with van der Waals surface area (Å²) < 4.78 is 0. The zero-order chi connectivity index (χ0) is 16.2. The molecule has 0 aliphatic carbocycles. The largest absolute Gasteiger partial charge is 0.370 e. The van der Waals surface area contributed by atoms with Crippen molar-refractivity contribution in [1.82, 2.24) is 0 Å². The van der Waals surface area contributed by atoms with Gasteiger partial charge in [-0.2, -0.15) is 0 Å². The Labute approximate surface area is 146 Å². The lowest BCUT2D eigenvalue weighted by Gasteiger charge is -2.29. The Balaban J connectivity index is 1.73. The highest BCUT2D eigenvalue weighted by Gasteiger charge is 2.15. The maximum atomic E-state index is 12.2. The van der Waals surface area contributed by atoms with Crippen LogP contribution in [0, 0.1) is 0 Å². The van der Waals surface area contributed by atoms with Gasteiger partial charge in [0.2, 0.25) is 0 Å². The third-order valence-corrected chi connectivity index (χ3v) is 4.53. The first-order valence-corrected chi connectivity index (χ1v) is 8.50. The molecule has 23 heavy (non-hydrogen) atoms. The van der Waals surface area contributed by atoms with E-state index >= 15 is 0 Å². The van der Waals surface area contributed by atoms with Crippen LogP contribution in [0.25, 0.3) is 0 Å². The highest BCUT2D eigenvalue weighted by molar-refractivity contribution is 6.33. The van der Waals surface area contributed by atoms with Crippen molar-refractivity contribution in [2.45, 2.75) is 19.3 Å². The van der Waals surface area contributed by atoms with Gasteiger partial charge in [-0.25, -0.2) is 0 Å². The van der Waals surface area contributed by atoms with Gasteiger partial charge in [-0.05, 0) is 55.7 Å². The molecule has 1 aliphatic heterocycles. The Kier molecular flexibility index (Phi) is 5.09. The Morgan fingerprint density at radius 2 is 1.78 bits per heavy atom. The SMILES string of the molecule is O=C(Nc1ccc(N2CCCCC2)c(Cl)c1)c1cccc(Cl)c1. The molecule has 1 N–H and O–H groups in total. The second kappa shape index (κ2) is 7.24. The summed E-state index contributed by atoms with van der Waals surface area (Å²) in [5, 5.41) is 4.06. The normalized spacial score (nSPS) is 14.6. The number of benzene rings is 2. The van der Waals surface area contributed by atoms with Crippen molar-refractivity contribution >= 4 is 40.5 Å². The van der Waals surface area contributed by atoms with E-state index in [9.17, 15) is 4.79 Å². The molecular formula is C18H18Cl2N2O. The van der Waals surface area contributed by atoms with Crippen molar-refractivity contribution in [3.63, 3.8) is 0 Å². The zero-order valence-corrected chi connectivity index (χ0v) is 14.2. The lowest BCUT2D eigenvalue weighted by atomic mass is 10.1. The van der Waals surface area contributed by atoms with Gasteiger partial charge >= 0.3 is 0 Å². The maximum Gasteiger partial charge on any atom is 0.255 e. The Morgan fingerprint density at radius 1 is 1.00 bits per heavy atom. The van der Waals surface area contributed by atoms with Gasteiger partial charge in [0.15, 0.2) is 0 Å². The van der Waals surface area contributed by atoms with Crippen molar-refractivity contribution in [1.29, 1.82) is 0 Å². The highest BCUT2D eigenvalue weighted by atomic mass is 35.5. The molecule has 1 amide bonds. The summed E-state index contributed by atoms with van der Waals surface area (Å²) in [7, 11) is 0. The summed E-state index contributed by atoms with van der Waals surface area (Å²) in [6, 6.07) is 12.5. The molecule has 3 nitrogen and oxygen atoms in total. The Bertz CT molecular complexity index is 712. The van der Waals surface area contributed by atoms with E-state index < -0.39 is 0 Å². The van der Waals surface area contributed by atoms with Gasteiger partial charge in [0, 0.05) is 29.4 Å². The minimum Gasteiger partial charge on any atom is -0.370 e. The number of amides is 1. The van der Waals surface area contributed by atoms with Gasteiger partial charge in [0.05, 0.1) is 10.7 Å². The van der Waals surface area contributed by atoms with Gasteiger partial charge in [0.25, 0.3) is 5.91 Å². The number of nitrogens with one attached hydrogen (secondary N) is 1. The minimum atomic E-state index is -0.200. The molecule has 0 spiro atoms. The van der Waals surface area contributed by atoms with Gasteiger partial charge in [-0.1, -0.05) is 29.3 Å². The van der Waals surface area contributed by atoms with Crippen molar-refractivity contribution in [2.24, 2.45) is 0 Å². The third kappa shape index (κ3) is 3.98. The topological polar surface area (TPSA) is 32.3 Å². The standard InChI is InChI=1S/C18H18Cl2N2O/c19-14-6-4-5-13(11-14)18(23)21-15-7-8-17(16(20)12-15)22-9-2-1-3-10-22/h4-8,11-12H,1-3,9-10H2,(H,21,23). The summed E-state index contributed by atoms with van der Waals surface area (Å²) in [6.07, 6.45) is 3.68. The summed E-state index contributed by atoms with van der Waals surface area (Å²) in [4.78, 5) is 14.5. The van der Waals surface area contributed by atoms with Crippen LogP contribution < -0.4 is 10.2 Å². The number of rotatable bonds is 3. The molecule has 1 saturated heterocycles. The molecule has 1 heterocycles. The molecule has 0 aromatic heterocycles. The van der Waals surface area contributed by atoms with Gasteiger partial charge in [-0.3, -0.25) is 4.79 Å². The number of hydrogen-bond acceptors (Lipinski definition) is 2. The number of carbonyl (C=O) groups is 1. The Morgan fingerprint density at radius 3 is 2.48 bits per heavy atom. The molecule has 0 radical (unpaired) electrons. The van der Waals surface area contributed by atoms with Crippen LogP contribution in [-0.2, 0) is 0 Å². The number of nitrogens with zero attached hydrogens (tertiary/aromatic N) is 1. The molecule has 120 valence electrons. The maximum absolute atomic E-state index is 12.2. The van der Waals surface area contributed by atoms with E-state index in [0.29, 0.717) is 21.3 Å². The summed E-state index contributed by atoms with van der Waals surface area (Å²) in [5.74, 6) is -0.200. The fraction of sp³-hybridized carbons (Fsp3) is 0.278. The predicted octanol–water partition coefficient (Wildman–Crippen LogP) is 5.24. The van der Waals surface area contributed by atoms with Crippen LogP contribution in [0.5, 0.6) is 0 Å². The third-order valence-electron chi connectivity index (χ3n) is 3.99. The lowest BCUT2D eigenvalue weighted by Crippen LogP contribution is -2.29. The molecular weight excluding hydrogens is 331 g/mol. The molecule has 0 atom stereocenters. The number of hydrogen-bond donors (Lipinski definition) is 1. The van der Waals surface area contributed by atoms with E-state index in [1.165, 1.54) is 19.3 Å². The zero-order valence-electron chi connectivity index (χ0n) is 12.7. The van der Waals surface area contributed by atoms with Crippen molar-refractivity contribution in [3.05, 3.63) is 58.1 Å². The van der Waals surface area contributed by atoms with Crippen LogP contribution in [0.3, 0.4) is 0 Å². The van der Waals surface area contributed by atoms with E-state index in [-0.39, 0.29) is 5.91 Å². The van der Waals surface area contributed by atoms with Gasteiger partial charge < -0.3 is 10.2 Å². The number of carbonyl (C=O) groups excluding carboxylic acids is 1. The average Bonchev–Trinajstić information content (AvgIpc) is 2.56. The molecule has 2 aromatic rings. The molecule has 3 rings (SSSR count). The summed E-state index contributed by atoms with van der Waals surface area (Å²) in [5.41, 5.74) is 2.24. The number of anilines is 2. The second-order valence-electron chi connectivity index (χ2n) is 5.68. The molecule has 5 heteroatoms. The van der Waals surface area contributed by atoms with Gasteiger partial charge in [-0.15, -0.1) is 0 Å². The van der Waals surface area contributed by atoms with Crippen LogP contribution in [0.15, 0.2) is 42.5 Å². The molecule has 1 aliphatic rings. The van der Waals surface area contributed by atoms with E-state index in [1.807, 2.05) is 12.1 Å². The molecule has 0 unspecified atom stereocenters. The monoisotopic (exact) mass is 348 g/mol. The van der Waals surface area contributed by atoms with Crippen molar-refractivity contribution in [3.8, 4) is 0 Å². The number of halogens is 2. The lowest BCUT2D eigenvalue weighted by molar-refractivity contribution is 0.102. The first kappa shape index (κ1) is 16.2. The fourth-order valence-corrected chi connectivity index (χ4v) is 3.30. The van der Waals surface area contributed by atoms with Crippen LogP contribution in [0.4, 0.5) is 11.4 Å². The molecule has 2 aromatic carbocycles. The smallest absolute Gasteiger partial charge is 0.255 e. The van der Waals surface area contributed by atoms with E-state index in [0.717, 1.165) is 18.8 Å². The van der Waals surface area contributed by atoms with Gasteiger partial charge in [0.1, 0.15) is 0 Å². The van der Waals surface area contributed by atoms with Crippen molar-refractivity contribution < 1.29 is 4.79 Å². The molecule has 1 fully saturated rings.